The number of pyridine rings is 1. The van der Waals surface area contributed by atoms with Gasteiger partial charge in [0.15, 0.2) is 0 Å². The molecule has 0 unspecified atom stereocenters. The van der Waals surface area contributed by atoms with Crippen LogP contribution in [0.1, 0.15) is 11.3 Å². The highest BCUT2D eigenvalue weighted by molar-refractivity contribution is 8.01. The van der Waals surface area contributed by atoms with Gasteiger partial charge in [0.2, 0.25) is 0 Å². The predicted molar refractivity (Wildman–Crippen MR) is 65.3 cm³/mol. The number of hydrogen-bond acceptors (Lipinski definition) is 4. The van der Waals surface area contributed by atoms with Crippen LogP contribution in [0.3, 0.4) is 0 Å². The molecular weight excluding hydrogens is 224 g/mol. The van der Waals surface area contributed by atoms with Crippen molar-refractivity contribution in [2.75, 3.05) is 0 Å². The zero-order valence-electron chi connectivity index (χ0n) is 8.43. The van der Waals surface area contributed by atoms with Gasteiger partial charge in [0.05, 0.1) is 4.21 Å². The molecule has 4 heteroatoms. The van der Waals surface area contributed by atoms with Gasteiger partial charge in [-0.3, -0.25) is 0 Å². The van der Waals surface area contributed by atoms with E-state index in [-0.39, 0.29) is 0 Å². The van der Waals surface area contributed by atoms with Gasteiger partial charge >= 0.3 is 0 Å². The summed E-state index contributed by atoms with van der Waals surface area (Å²) < 4.78 is 1.25. The van der Waals surface area contributed by atoms with Crippen molar-refractivity contribution < 1.29 is 0 Å². The lowest BCUT2D eigenvalue weighted by Crippen LogP contribution is -2.00. The smallest absolute Gasteiger partial charge is 0.106 e. The number of nitrogens with zero attached hydrogens (tertiary/aromatic N) is 1. The van der Waals surface area contributed by atoms with Gasteiger partial charge in [-0.15, -0.1) is 11.3 Å². The van der Waals surface area contributed by atoms with Crippen LogP contribution < -0.4 is 5.73 Å². The third kappa shape index (κ3) is 2.59. The van der Waals surface area contributed by atoms with E-state index in [1.807, 2.05) is 19.1 Å². The summed E-state index contributed by atoms with van der Waals surface area (Å²) >= 11 is 3.41. The average Bonchev–Trinajstić information content (AvgIpc) is 2.71. The van der Waals surface area contributed by atoms with Crippen LogP contribution in [0, 0.1) is 6.92 Å². The minimum atomic E-state index is 0.543. The number of hydrogen-bond donors (Lipinski definition) is 1. The maximum atomic E-state index is 5.68. The molecule has 0 amide bonds. The second-order valence-corrected chi connectivity index (χ2v) is 5.39. The van der Waals surface area contributed by atoms with Crippen molar-refractivity contribution in [2.24, 2.45) is 5.73 Å². The molecule has 0 aromatic carbocycles. The van der Waals surface area contributed by atoms with Gasteiger partial charge in [0.1, 0.15) is 5.03 Å². The van der Waals surface area contributed by atoms with Crippen molar-refractivity contribution in [1.82, 2.24) is 4.98 Å². The van der Waals surface area contributed by atoms with E-state index in [1.165, 1.54) is 4.21 Å². The van der Waals surface area contributed by atoms with E-state index in [1.54, 1.807) is 23.1 Å². The van der Waals surface area contributed by atoms with Gasteiger partial charge in [-0.25, -0.2) is 4.98 Å². The van der Waals surface area contributed by atoms with Crippen LogP contribution in [0.15, 0.2) is 38.9 Å². The van der Waals surface area contributed by atoms with Gasteiger partial charge < -0.3 is 5.73 Å². The summed E-state index contributed by atoms with van der Waals surface area (Å²) in [5, 5.41) is 3.10. The lowest BCUT2D eigenvalue weighted by atomic mass is 10.2. The van der Waals surface area contributed by atoms with Crippen molar-refractivity contribution in [3.05, 3.63) is 40.9 Å². The second kappa shape index (κ2) is 4.79. The van der Waals surface area contributed by atoms with Crippen molar-refractivity contribution in [3.63, 3.8) is 0 Å². The lowest BCUT2D eigenvalue weighted by Gasteiger charge is -2.05. The highest BCUT2D eigenvalue weighted by Crippen LogP contribution is 2.32. The molecule has 2 rings (SSSR count). The molecule has 78 valence electrons. The van der Waals surface area contributed by atoms with Crippen molar-refractivity contribution in [1.29, 1.82) is 0 Å². The summed E-state index contributed by atoms with van der Waals surface area (Å²) in [7, 11) is 0. The molecule has 2 nitrogen and oxygen atoms in total. The van der Waals surface area contributed by atoms with Crippen LogP contribution in [0.4, 0.5) is 0 Å². The van der Waals surface area contributed by atoms with Gasteiger partial charge in [-0.05, 0) is 30.0 Å². The number of nitrogens with two attached hydrogens (primary N) is 1. The number of aromatic nitrogens is 1. The van der Waals surface area contributed by atoms with Crippen LogP contribution in [0.5, 0.6) is 0 Å². The maximum Gasteiger partial charge on any atom is 0.106 e. The molecule has 0 atom stereocenters. The zero-order valence-corrected chi connectivity index (χ0v) is 10.1. The summed E-state index contributed by atoms with van der Waals surface area (Å²) in [5.41, 5.74) is 7.82. The summed E-state index contributed by atoms with van der Waals surface area (Å²) in [5.74, 6) is 0. The first-order chi connectivity index (χ1) is 7.29. The molecule has 2 heterocycles. The summed E-state index contributed by atoms with van der Waals surface area (Å²) in [4.78, 5) is 4.51. The summed E-state index contributed by atoms with van der Waals surface area (Å²) in [6, 6.07) is 8.20. The van der Waals surface area contributed by atoms with Gasteiger partial charge in [-0.1, -0.05) is 23.9 Å². The Balaban J connectivity index is 2.30. The van der Waals surface area contributed by atoms with E-state index in [9.17, 15) is 0 Å². The topological polar surface area (TPSA) is 38.9 Å². The van der Waals surface area contributed by atoms with Crippen molar-refractivity contribution in [3.8, 4) is 0 Å². The van der Waals surface area contributed by atoms with Crippen LogP contribution in [-0.4, -0.2) is 4.98 Å². The molecule has 0 aliphatic heterocycles. The molecule has 0 spiro atoms. The Bertz CT molecular complexity index is 438. The summed E-state index contributed by atoms with van der Waals surface area (Å²) in [6.07, 6.45) is 0. The molecule has 0 saturated heterocycles. The molecule has 2 aromatic heterocycles. The fourth-order valence-corrected chi connectivity index (χ4v) is 3.08. The fourth-order valence-electron chi connectivity index (χ4n) is 1.22. The first-order valence-electron chi connectivity index (χ1n) is 4.67. The van der Waals surface area contributed by atoms with Gasteiger partial charge in [0.25, 0.3) is 0 Å². The Morgan fingerprint density at radius 3 is 2.93 bits per heavy atom. The Kier molecular flexibility index (Phi) is 3.41. The van der Waals surface area contributed by atoms with E-state index >= 15 is 0 Å². The molecule has 2 aromatic rings. The largest absolute Gasteiger partial charge is 0.326 e. The number of aryl methyl sites for hydroxylation is 1. The van der Waals surface area contributed by atoms with E-state index in [0.717, 1.165) is 16.3 Å². The van der Waals surface area contributed by atoms with Gasteiger partial charge in [-0.2, -0.15) is 0 Å². The molecule has 0 aliphatic carbocycles. The lowest BCUT2D eigenvalue weighted by molar-refractivity contribution is 0.942. The van der Waals surface area contributed by atoms with E-state index in [0.29, 0.717) is 6.54 Å². The molecule has 0 fully saturated rings. The van der Waals surface area contributed by atoms with E-state index in [2.05, 4.69) is 22.5 Å². The maximum absolute atomic E-state index is 5.68. The van der Waals surface area contributed by atoms with Crippen LogP contribution >= 0.6 is 23.1 Å². The van der Waals surface area contributed by atoms with Crippen molar-refractivity contribution >= 4 is 23.1 Å². The molecule has 0 bridgehead atoms. The van der Waals surface area contributed by atoms with Crippen LogP contribution in [0.25, 0.3) is 0 Å². The Labute approximate surface area is 97.5 Å². The highest BCUT2D eigenvalue weighted by atomic mass is 32.2. The molecule has 0 saturated carbocycles. The predicted octanol–water partition coefficient (Wildman–Crippen LogP) is 3.06. The molecule has 0 aliphatic rings. The molecule has 0 radical (unpaired) electrons. The fraction of sp³-hybridized carbons (Fsp3) is 0.182. The van der Waals surface area contributed by atoms with Gasteiger partial charge in [0, 0.05) is 12.2 Å². The summed E-state index contributed by atoms with van der Waals surface area (Å²) in [6.45, 7) is 2.54. The standard InChI is InChI=1S/C11H12N2S2/c1-8-4-5-9(7-12)11(13-8)15-10-3-2-6-14-10/h2-6H,7,12H2,1H3. The monoisotopic (exact) mass is 236 g/mol. The Morgan fingerprint density at radius 1 is 1.40 bits per heavy atom. The number of thiophene rings is 1. The normalized spacial score (nSPS) is 10.5. The third-order valence-corrected chi connectivity index (χ3v) is 4.07. The first-order valence-corrected chi connectivity index (χ1v) is 6.37. The highest BCUT2D eigenvalue weighted by Gasteiger charge is 2.05. The zero-order chi connectivity index (χ0) is 10.7. The minimum absolute atomic E-state index is 0.543. The first kappa shape index (κ1) is 10.7. The third-order valence-electron chi connectivity index (χ3n) is 1.99. The van der Waals surface area contributed by atoms with Crippen LogP contribution in [0.2, 0.25) is 0 Å². The molecule has 2 N–H and O–H groups in total. The van der Waals surface area contributed by atoms with E-state index < -0.39 is 0 Å². The second-order valence-electron chi connectivity index (χ2n) is 3.16. The quantitative estimate of drug-likeness (QED) is 0.890. The average molecular weight is 236 g/mol. The molecule has 15 heavy (non-hydrogen) atoms. The number of rotatable bonds is 3. The Hall–Kier alpha value is -0.840. The van der Waals surface area contributed by atoms with E-state index in [4.69, 9.17) is 5.73 Å². The minimum Gasteiger partial charge on any atom is -0.326 e. The van der Waals surface area contributed by atoms with Crippen molar-refractivity contribution in [2.45, 2.75) is 22.7 Å². The molecular formula is C11H12N2S2. The van der Waals surface area contributed by atoms with Crippen LogP contribution in [-0.2, 0) is 6.54 Å². The Morgan fingerprint density at radius 2 is 2.27 bits per heavy atom. The SMILES string of the molecule is Cc1ccc(CN)c(Sc2cccs2)n1.